The fraction of sp³-hybridized carbons (Fsp3) is 0.154. The van der Waals surface area contributed by atoms with Gasteiger partial charge in [-0.1, -0.05) is 29.3 Å². The highest BCUT2D eigenvalue weighted by molar-refractivity contribution is 7.89. The normalized spacial score (nSPS) is 11.4. The molecule has 0 aliphatic rings. The van der Waals surface area contributed by atoms with Gasteiger partial charge in [-0.2, -0.15) is 0 Å². The molecule has 0 spiro atoms. The number of nitrogens with zero attached hydrogens (tertiary/aromatic N) is 1. The van der Waals surface area contributed by atoms with Gasteiger partial charge in [0, 0.05) is 24.4 Å². The molecule has 2 N–H and O–H groups in total. The van der Waals surface area contributed by atoms with E-state index in [0.29, 0.717) is 18.8 Å². The fourth-order valence-electron chi connectivity index (χ4n) is 1.65. The maximum atomic E-state index is 11.3. The molecule has 21 heavy (non-hydrogen) atoms. The first-order valence-corrected chi connectivity index (χ1v) is 8.22. The molecule has 2 rings (SSSR count). The summed E-state index contributed by atoms with van der Waals surface area (Å²) in [6.07, 6.45) is 2.28. The molecular formula is C13H12Cl2N2O3S. The van der Waals surface area contributed by atoms with Crippen LogP contribution < -0.4 is 9.88 Å². The number of rotatable bonds is 5. The lowest BCUT2D eigenvalue weighted by Gasteiger charge is -2.10. The summed E-state index contributed by atoms with van der Waals surface area (Å²) >= 11 is 11.8. The number of sulfonamides is 1. The summed E-state index contributed by atoms with van der Waals surface area (Å²) in [5, 5.41) is 5.13. The molecule has 0 amide bonds. The smallest absolute Gasteiger partial charge is 0.239 e. The van der Waals surface area contributed by atoms with Gasteiger partial charge in [0.05, 0.1) is 16.7 Å². The van der Waals surface area contributed by atoms with E-state index in [9.17, 15) is 8.42 Å². The Kier molecular flexibility index (Phi) is 5.05. The van der Waals surface area contributed by atoms with Crippen molar-refractivity contribution in [2.24, 2.45) is 5.14 Å². The van der Waals surface area contributed by atoms with E-state index >= 15 is 0 Å². The van der Waals surface area contributed by atoms with E-state index < -0.39 is 10.0 Å². The van der Waals surface area contributed by atoms with E-state index in [0.717, 1.165) is 5.69 Å². The second-order valence-corrected chi connectivity index (χ2v) is 6.52. The Morgan fingerprint density at radius 2 is 1.95 bits per heavy atom. The molecule has 0 saturated heterocycles. The molecule has 2 aromatic rings. The van der Waals surface area contributed by atoms with E-state index in [2.05, 4.69) is 4.98 Å². The SMILES string of the molecule is NS(=O)(=O)c1cc(Cl)c(OCCc2ccccn2)cc1Cl. The summed E-state index contributed by atoms with van der Waals surface area (Å²) in [5.74, 6) is 0.296. The van der Waals surface area contributed by atoms with Crippen LogP contribution in [0.25, 0.3) is 0 Å². The van der Waals surface area contributed by atoms with E-state index in [1.54, 1.807) is 6.20 Å². The van der Waals surface area contributed by atoms with Crippen molar-refractivity contribution in [2.45, 2.75) is 11.3 Å². The number of hydrogen-bond donors (Lipinski definition) is 1. The molecule has 0 bridgehead atoms. The second kappa shape index (κ2) is 6.62. The summed E-state index contributed by atoms with van der Waals surface area (Å²) in [6.45, 7) is 0.335. The number of aromatic nitrogens is 1. The maximum absolute atomic E-state index is 11.3. The average molecular weight is 347 g/mol. The molecule has 0 fully saturated rings. The molecule has 5 nitrogen and oxygen atoms in total. The minimum Gasteiger partial charge on any atom is -0.492 e. The van der Waals surface area contributed by atoms with Crippen LogP contribution in [-0.2, 0) is 16.4 Å². The summed E-state index contributed by atoms with van der Waals surface area (Å²) in [4.78, 5) is 3.93. The first kappa shape index (κ1) is 16.0. The molecule has 8 heteroatoms. The number of ether oxygens (including phenoxy) is 1. The summed E-state index contributed by atoms with van der Waals surface area (Å²) in [6, 6.07) is 8.10. The topological polar surface area (TPSA) is 82.3 Å². The fourth-order valence-corrected chi connectivity index (χ4v) is 3.02. The monoisotopic (exact) mass is 346 g/mol. The number of pyridine rings is 1. The molecule has 0 saturated carbocycles. The highest BCUT2D eigenvalue weighted by Crippen LogP contribution is 2.33. The third-order valence-electron chi connectivity index (χ3n) is 2.63. The molecule has 112 valence electrons. The Morgan fingerprint density at radius 3 is 2.57 bits per heavy atom. The van der Waals surface area contributed by atoms with Gasteiger partial charge >= 0.3 is 0 Å². The zero-order chi connectivity index (χ0) is 15.5. The Morgan fingerprint density at radius 1 is 1.19 bits per heavy atom. The molecule has 0 unspecified atom stereocenters. The van der Waals surface area contributed by atoms with Crippen LogP contribution in [0, 0.1) is 0 Å². The predicted molar refractivity (Wildman–Crippen MR) is 81.3 cm³/mol. The van der Waals surface area contributed by atoms with Crippen LogP contribution in [0.15, 0.2) is 41.4 Å². The highest BCUT2D eigenvalue weighted by atomic mass is 35.5. The number of hydrogen-bond acceptors (Lipinski definition) is 4. The summed E-state index contributed by atoms with van der Waals surface area (Å²) < 4.78 is 28.1. The summed E-state index contributed by atoms with van der Waals surface area (Å²) in [5.41, 5.74) is 0.876. The average Bonchev–Trinajstić information content (AvgIpc) is 2.42. The van der Waals surface area contributed by atoms with Crippen LogP contribution in [0.5, 0.6) is 5.75 Å². The third kappa shape index (κ3) is 4.31. The molecule has 1 aromatic heterocycles. The molecular weight excluding hydrogens is 335 g/mol. The van der Waals surface area contributed by atoms with Gasteiger partial charge in [-0.25, -0.2) is 13.6 Å². The van der Waals surface area contributed by atoms with Crippen molar-refractivity contribution in [3.8, 4) is 5.75 Å². The minimum atomic E-state index is -3.92. The van der Waals surface area contributed by atoms with Crippen molar-refractivity contribution in [1.29, 1.82) is 0 Å². The molecule has 1 heterocycles. The highest BCUT2D eigenvalue weighted by Gasteiger charge is 2.16. The van der Waals surface area contributed by atoms with E-state index in [1.165, 1.54) is 12.1 Å². The van der Waals surface area contributed by atoms with Crippen LogP contribution in [0.2, 0.25) is 10.0 Å². The number of nitrogens with two attached hydrogens (primary N) is 1. The third-order valence-corrected chi connectivity index (χ3v) is 4.31. The van der Waals surface area contributed by atoms with E-state index in [1.807, 2.05) is 18.2 Å². The lowest BCUT2D eigenvalue weighted by molar-refractivity contribution is 0.320. The van der Waals surface area contributed by atoms with E-state index in [4.69, 9.17) is 33.1 Å². The van der Waals surface area contributed by atoms with Crippen LogP contribution >= 0.6 is 23.2 Å². The van der Waals surface area contributed by atoms with Gasteiger partial charge in [-0.05, 0) is 18.2 Å². The van der Waals surface area contributed by atoms with Gasteiger partial charge in [-0.15, -0.1) is 0 Å². The van der Waals surface area contributed by atoms with Crippen molar-refractivity contribution in [1.82, 2.24) is 4.98 Å². The Bertz CT molecular complexity index is 737. The van der Waals surface area contributed by atoms with Crippen LogP contribution in [-0.4, -0.2) is 20.0 Å². The van der Waals surface area contributed by atoms with Crippen LogP contribution in [0.1, 0.15) is 5.69 Å². The standard InChI is InChI=1S/C13H12Cl2N2O3S/c14-10-8-13(21(16,18)19)11(15)7-12(10)20-6-4-9-3-1-2-5-17-9/h1-3,5,7-8H,4,6H2,(H2,16,18,19). The van der Waals surface area contributed by atoms with Gasteiger partial charge in [-0.3, -0.25) is 4.98 Å². The minimum absolute atomic E-state index is 0.0327. The van der Waals surface area contributed by atoms with Crippen molar-refractivity contribution in [2.75, 3.05) is 6.61 Å². The summed E-state index contributed by atoms with van der Waals surface area (Å²) in [7, 11) is -3.92. The molecule has 0 aliphatic carbocycles. The van der Waals surface area contributed by atoms with Crippen LogP contribution in [0.4, 0.5) is 0 Å². The Labute approximate surface area is 132 Å². The molecule has 0 aliphatic heterocycles. The Hall–Kier alpha value is -1.34. The van der Waals surface area contributed by atoms with Crippen molar-refractivity contribution in [3.63, 3.8) is 0 Å². The molecule has 0 atom stereocenters. The van der Waals surface area contributed by atoms with Gasteiger partial charge in [0.25, 0.3) is 0 Å². The number of primary sulfonamides is 1. The first-order chi connectivity index (χ1) is 9.88. The quantitative estimate of drug-likeness (QED) is 0.901. The molecule has 0 radical (unpaired) electrons. The number of benzene rings is 1. The van der Waals surface area contributed by atoms with Crippen molar-refractivity contribution < 1.29 is 13.2 Å². The van der Waals surface area contributed by atoms with Gasteiger partial charge < -0.3 is 4.74 Å². The Balaban J connectivity index is 2.09. The zero-order valence-corrected chi connectivity index (χ0v) is 13.1. The van der Waals surface area contributed by atoms with Crippen molar-refractivity contribution >= 4 is 33.2 Å². The maximum Gasteiger partial charge on any atom is 0.239 e. The molecule has 1 aromatic carbocycles. The van der Waals surface area contributed by atoms with Gasteiger partial charge in [0.15, 0.2) is 0 Å². The number of halogens is 2. The second-order valence-electron chi connectivity index (χ2n) is 4.18. The largest absolute Gasteiger partial charge is 0.492 e. The van der Waals surface area contributed by atoms with Crippen molar-refractivity contribution in [3.05, 3.63) is 52.3 Å². The lowest BCUT2D eigenvalue weighted by atomic mass is 10.3. The zero-order valence-electron chi connectivity index (χ0n) is 10.8. The van der Waals surface area contributed by atoms with Gasteiger partial charge in [0.2, 0.25) is 10.0 Å². The lowest BCUT2D eigenvalue weighted by Crippen LogP contribution is -2.13. The predicted octanol–water partition coefficient (Wildman–Crippen LogP) is 2.66. The van der Waals surface area contributed by atoms with Crippen LogP contribution in [0.3, 0.4) is 0 Å². The van der Waals surface area contributed by atoms with Gasteiger partial charge in [0.1, 0.15) is 10.6 Å². The first-order valence-electron chi connectivity index (χ1n) is 5.92. The van der Waals surface area contributed by atoms with E-state index in [-0.39, 0.29) is 14.9 Å².